The molecule has 0 saturated heterocycles. The summed E-state index contributed by atoms with van der Waals surface area (Å²) >= 11 is 0. The molecule has 15 heavy (non-hydrogen) atoms. The number of hydrogen-bond acceptors (Lipinski definition) is 5. The van der Waals surface area contributed by atoms with Crippen LogP contribution < -0.4 is 0 Å². The maximum atomic E-state index is 9.67. The predicted molar refractivity (Wildman–Crippen MR) is 57.3 cm³/mol. The van der Waals surface area contributed by atoms with Gasteiger partial charge in [-0.25, -0.2) is 19.6 Å². The van der Waals surface area contributed by atoms with Crippen LogP contribution in [0.1, 0.15) is 13.8 Å². The topological polar surface area (TPSA) is 68.1 Å². The van der Waals surface area contributed by atoms with E-state index >= 15 is 0 Å². The number of ether oxygens (including phenoxy) is 1. The maximum absolute atomic E-state index is 9.67. The van der Waals surface area contributed by atoms with E-state index in [9.17, 15) is 9.59 Å². The van der Waals surface area contributed by atoms with Gasteiger partial charge in [-0.05, 0) is 13.8 Å². The average Bonchev–Trinajstić information content (AvgIpc) is 2.23. The second kappa shape index (κ2) is 15.0. The molecule has 0 rings (SSSR count). The van der Waals surface area contributed by atoms with Gasteiger partial charge in [-0.3, -0.25) is 0 Å². The molecular formula is C10H16N2O3. The summed E-state index contributed by atoms with van der Waals surface area (Å²) in [4.78, 5) is 25.9. The van der Waals surface area contributed by atoms with Crippen molar-refractivity contribution in [3.8, 4) is 0 Å². The Bertz CT molecular complexity index is 241. The zero-order valence-corrected chi connectivity index (χ0v) is 9.10. The highest BCUT2D eigenvalue weighted by Crippen LogP contribution is 1.90. The first-order valence-corrected chi connectivity index (χ1v) is 4.48. The molecule has 0 spiro atoms. The molecule has 0 amide bonds. The summed E-state index contributed by atoms with van der Waals surface area (Å²) < 4.78 is 5.10. The summed E-state index contributed by atoms with van der Waals surface area (Å²) in [6.07, 6.45) is 4.41. The average molecular weight is 212 g/mol. The van der Waals surface area contributed by atoms with Crippen molar-refractivity contribution in [1.29, 1.82) is 0 Å². The van der Waals surface area contributed by atoms with Crippen LogP contribution in [-0.4, -0.2) is 38.0 Å². The molecule has 0 N–H and O–H groups in total. The number of rotatable bonds is 6. The van der Waals surface area contributed by atoms with Crippen LogP contribution in [0, 0.1) is 0 Å². The quantitative estimate of drug-likeness (QED) is 0.288. The van der Waals surface area contributed by atoms with Crippen molar-refractivity contribution in [2.45, 2.75) is 20.0 Å². The minimum absolute atomic E-state index is 0.145. The van der Waals surface area contributed by atoms with Gasteiger partial charge in [-0.1, -0.05) is 6.08 Å². The minimum atomic E-state index is -0.145. The fourth-order valence-corrected chi connectivity index (χ4v) is 0.564. The predicted octanol–water partition coefficient (Wildman–Crippen LogP) is 1.26. The van der Waals surface area contributed by atoms with E-state index in [-0.39, 0.29) is 12.6 Å². The summed E-state index contributed by atoms with van der Waals surface area (Å²) in [5.74, 6) is 0. The monoisotopic (exact) mass is 212 g/mol. The molecule has 0 radical (unpaired) electrons. The van der Waals surface area contributed by atoms with Crippen LogP contribution in [0.5, 0.6) is 0 Å². The highest BCUT2D eigenvalue weighted by Gasteiger charge is 1.98. The third-order valence-corrected chi connectivity index (χ3v) is 1.08. The first kappa shape index (κ1) is 15.9. The number of nitrogens with zero attached hydrogens (tertiary/aromatic N) is 2. The van der Waals surface area contributed by atoms with Gasteiger partial charge >= 0.3 is 0 Å². The summed E-state index contributed by atoms with van der Waals surface area (Å²) in [7, 11) is 0. The zero-order chi connectivity index (χ0) is 11.9. The minimum Gasteiger partial charge on any atom is -0.375 e. The molecule has 0 saturated carbocycles. The number of hydrogen-bond donors (Lipinski definition) is 0. The molecule has 0 heterocycles. The molecule has 0 aliphatic rings. The normalized spacial score (nSPS) is 9.73. The van der Waals surface area contributed by atoms with Gasteiger partial charge in [0.05, 0.1) is 25.8 Å². The fraction of sp³-hybridized carbons (Fsp3) is 0.600. The molecule has 0 fully saturated rings. The van der Waals surface area contributed by atoms with E-state index in [4.69, 9.17) is 4.74 Å². The van der Waals surface area contributed by atoms with Gasteiger partial charge in [0.25, 0.3) is 0 Å². The molecule has 0 aromatic rings. The van der Waals surface area contributed by atoms with Gasteiger partial charge in [0.15, 0.2) is 0 Å². The van der Waals surface area contributed by atoms with Crippen molar-refractivity contribution < 1.29 is 14.3 Å². The number of aliphatic imine (C=N–C) groups is 2. The third kappa shape index (κ3) is 19.0. The molecule has 0 aromatic carbocycles. The Morgan fingerprint density at radius 1 is 1.40 bits per heavy atom. The Morgan fingerprint density at radius 2 is 1.93 bits per heavy atom. The van der Waals surface area contributed by atoms with Crippen LogP contribution in [0.25, 0.3) is 0 Å². The smallest absolute Gasteiger partial charge is 0.235 e. The fourth-order valence-electron chi connectivity index (χ4n) is 0.564. The van der Waals surface area contributed by atoms with Gasteiger partial charge in [0.2, 0.25) is 12.2 Å². The zero-order valence-electron chi connectivity index (χ0n) is 9.10. The lowest BCUT2D eigenvalue weighted by molar-refractivity contribution is 0.0785. The second-order valence-electron chi connectivity index (χ2n) is 2.49. The van der Waals surface area contributed by atoms with Crippen molar-refractivity contribution in [3.05, 3.63) is 12.7 Å². The van der Waals surface area contributed by atoms with Gasteiger partial charge in [-0.15, -0.1) is 6.58 Å². The lowest BCUT2D eigenvalue weighted by Gasteiger charge is -2.06. The molecular weight excluding hydrogens is 196 g/mol. The molecule has 0 aromatic heterocycles. The summed E-state index contributed by atoms with van der Waals surface area (Å²) in [5, 5.41) is 0. The van der Waals surface area contributed by atoms with E-state index in [1.807, 2.05) is 6.92 Å². The van der Waals surface area contributed by atoms with Crippen LogP contribution >= 0.6 is 0 Å². The molecule has 84 valence electrons. The molecule has 1 unspecified atom stereocenters. The molecule has 1 atom stereocenters. The lowest BCUT2D eigenvalue weighted by Crippen LogP contribution is -2.13. The Balaban J connectivity index is 0. The second-order valence-corrected chi connectivity index (χ2v) is 2.49. The van der Waals surface area contributed by atoms with Crippen LogP contribution in [0.2, 0.25) is 0 Å². The number of allylic oxidation sites excluding steroid dienone is 1. The van der Waals surface area contributed by atoms with E-state index in [0.29, 0.717) is 13.2 Å². The van der Waals surface area contributed by atoms with Crippen LogP contribution in [-0.2, 0) is 14.3 Å². The maximum Gasteiger partial charge on any atom is 0.235 e. The SMILES string of the molecule is C=CC.CC(CN=C=O)OCCN=C=O. The molecule has 5 heteroatoms. The van der Waals surface area contributed by atoms with Crippen LogP contribution in [0.3, 0.4) is 0 Å². The van der Waals surface area contributed by atoms with Crippen molar-refractivity contribution in [3.63, 3.8) is 0 Å². The van der Waals surface area contributed by atoms with Crippen molar-refractivity contribution in [2.24, 2.45) is 9.98 Å². The van der Waals surface area contributed by atoms with Crippen molar-refractivity contribution in [1.82, 2.24) is 0 Å². The number of isocyanates is 2. The first-order chi connectivity index (χ1) is 7.22. The Kier molecular flexibility index (Phi) is 15.9. The van der Waals surface area contributed by atoms with E-state index in [1.165, 1.54) is 12.2 Å². The van der Waals surface area contributed by atoms with Crippen molar-refractivity contribution in [2.75, 3.05) is 19.7 Å². The summed E-state index contributed by atoms with van der Waals surface area (Å²) in [6, 6.07) is 0. The van der Waals surface area contributed by atoms with E-state index in [0.717, 1.165) is 0 Å². The van der Waals surface area contributed by atoms with Gasteiger partial charge in [0, 0.05) is 0 Å². The molecule has 5 nitrogen and oxygen atoms in total. The van der Waals surface area contributed by atoms with Gasteiger partial charge in [-0.2, -0.15) is 0 Å². The molecule has 0 aliphatic carbocycles. The summed E-state index contributed by atoms with van der Waals surface area (Å²) in [6.45, 7) is 7.93. The third-order valence-electron chi connectivity index (χ3n) is 1.08. The van der Waals surface area contributed by atoms with Crippen LogP contribution in [0.4, 0.5) is 0 Å². The largest absolute Gasteiger partial charge is 0.375 e. The molecule has 0 bridgehead atoms. The van der Waals surface area contributed by atoms with Crippen LogP contribution in [0.15, 0.2) is 22.6 Å². The highest BCUT2D eigenvalue weighted by atomic mass is 16.5. The van der Waals surface area contributed by atoms with Crippen molar-refractivity contribution >= 4 is 12.2 Å². The van der Waals surface area contributed by atoms with E-state index in [2.05, 4.69) is 16.6 Å². The van der Waals surface area contributed by atoms with E-state index < -0.39 is 0 Å². The Labute approximate surface area is 89.6 Å². The molecule has 0 aliphatic heterocycles. The Morgan fingerprint density at radius 3 is 2.40 bits per heavy atom. The standard InChI is InChI=1S/C7H10N2O3.C3H6/c1-7(4-9-6-11)12-3-2-8-5-10;1-3-2/h7H,2-4H2,1H3;3H,1H2,2H3. The van der Waals surface area contributed by atoms with E-state index in [1.54, 1.807) is 13.0 Å². The lowest BCUT2D eigenvalue weighted by atomic mass is 10.4. The van der Waals surface area contributed by atoms with Gasteiger partial charge in [0.1, 0.15) is 0 Å². The highest BCUT2D eigenvalue weighted by molar-refractivity contribution is 5.33. The first-order valence-electron chi connectivity index (χ1n) is 4.48. The van der Waals surface area contributed by atoms with Gasteiger partial charge < -0.3 is 4.74 Å². The number of carbonyl (C=O) groups excluding carboxylic acids is 2. The Hall–Kier alpha value is -1.54. The summed E-state index contributed by atoms with van der Waals surface area (Å²) in [5.41, 5.74) is 0.